The zero-order valence-corrected chi connectivity index (χ0v) is 15.3. The van der Waals surface area contributed by atoms with Gasteiger partial charge in [-0.05, 0) is 59.0 Å². The van der Waals surface area contributed by atoms with E-state index in [2.05, 4.69) is 28.9 Å². The Bertz CT molecular complexity index is 616. The van der Waals surface area contributed by atoms with Crippen LogP contribution in [-0.2, 0) is 13.0 Å². The summed E-state index contributed by atoms with van der Waals surface area (Å²) in [7, 11) is 0. The van der Waals surface area contributed by atoms with E-state index in [1.54, 1.807) is 0 Å². The summed E-state index contributed by atoms with van der Waals surface area (Å²) in [5, 5.41) is 0. The van der Waals surface area contributed by atoms with Crippen molar-refractivity contribution in [2.24, 2.45) is 5.73 Å². The summed E-state index contributed by atoms with van der Waals surface area (Å²) in [6.07, 6.45) is 1.78. The van der Waals surface area contributed by atoms with E-state index in [1.807, 2.05) is 43.3 Å². The Balaban J connectivity index is 2.19. The molecule has 1 unspecified atom stereocenters. The van der Waals surface area contributed by atoms with Gasteiger partial charge in [0.1, 0.15) is 6.61 Å². The molecule has 0 saturated heterocycles. The van der Waals surface area contributed by atoms with Gasteiger partial charge in [-0.2, -0.15) is 0 Å². The van der Waals surface area contributed by atoms with Gasteiger partial charge in [-0.15, -0.1) is 0 Å². The molecule has 2 rings (SSSR count). The van der Waals surface area contributed by atoms with E-state index < -0.39 is 0 Å². The number of hydrogen-bond donors (Lipinski definition) is 1. The summed E-state index contributed by atoms with van der Waals surface area (Å²) in [4.78, 5) is 0. The van der Waals surface area contributed by atoms with E-state index in [4.69, 9.17) is 15.2 Å². The van der Waals surface area contributed by atoms with Gasteiger partial charge >= 0.3 is 0 Å². The summed E-state index contributed by atoms with van der Waals surface area (Å²) in [5.74, 6) is 1.50. The number of benzene rings is 2. The molecule has 2 aromatic carbocycles. The van der Waals surface area contributed by atoms with Gasteiger partial charge in [0.25, 0.3) is 0 Å². The van der Waals surface area contributed by atoms with E-state index in [1.165, 1.54) is 0 Å². The van der Waals surface area contributed by atoms with Crippen molar-refractivity contribution in [3.8, 4) is 11.5 Å². The second-order valence-corrected chi connectivity index (χ2v) is 6.34. The third-order valence-electron chi connectivity index (χ3n) is 3.62. The highest BCUT2D eigenvalue weighted by molar-refractivity contribution is 9.10. The Kier molecular flexibility index (Phi) is 6.93. The third-order valence-corrected chi connectivity index (χ3v) is 4.21. The SMILES string of the molecule is CCOc1cc(CC(N)CC)cc(Br)c1OCc1ccccc1. The van der Waals surface area contributed by atoms with Gasteiger partial charge in [-0.3, -0.25) is 0 Å². The first-order chi connectivity index (χ1) is 11.1. The standard InChI is InChI=1S/C19H24BrNO2/c1-3-16(21)10-15-11-17(20)19(18(12-15)22-4-2)23-13-14-8-6-5-7-9-14/h5-9,11-12,16H,3-4,10,13,21H2,1-2H3. The third kappa shape index (κ3) is 5.26. The number of hydrogen-bond acceptors (Lipinski definition) is 3. The van der Waals surface area contributed by atoms with Crippen molar-refractivity contribution in [3.05, 3.63) is 58.1 Å². The maximum absolute atomic E-state index is 6.06. The van der Waals surface area contributed by atoms with E-state index in [0.29, 0.717) is 13.2 Å². The van der Waals surface area contributed by atoms with Crippen molar-refractivity contribution >= 4 is 15.9 Å². The van der Waals surface area contributed by atoms with Crippen molar-refractivity contribution < 1.29 is 9.47 Å². The van der Waals surface area contributed by atoms with Crippen LogP contribution in [0.15, 0.2) is 46.9 Å². The van der Waals surface area contributed by atoms with E-state index >= 15 is 0 Å². The van der Waals surface area contributed by atoms with Crippen molar-refractivity contribution in [3.63, 3.8) is 0 Å². The Labute approximate surface area is 146 Å². The molecule has 0 spiro atoms. The first kappa shape index (κ1) is 17.8. The predicted octanol–water partition coefficient (Wildman–Crippen LogP) is 4.71. The maximum Gasteiger partial charge on any atom is 0.175 e. The smallest absolute Gasteiger partial charge is 0.175 e. The Morgan fingerprint density at radius 3 is 2.43 bits per heavy atom. The average Bonchev–Trinajstić information content (AvgIpc) is 2.55. The first-order valence-electron chi connectivity index (χ1n) is 8.01. The minimum atomic E-state index is 0.160. The topological polar surface area (TPSA) is 44.5 Å². The molecule has 0 saturated carbocycles. The molecule has 0 aliphatic carbocycles. The lowest BCUT2D eigenvalue weighted by molar-refractivity contribution is 0.267. The molecular weight excluding hydrogens is 354 g/mol. The fourth-order valence-electron chi connectivity index (χ4n) is 2.32. The van der Waals surface area contributed by atoms with E-state index in [-0.39, 0.29) is 6.04 Å². The van der Waals surface area contributed by atoms with Gasteiger partial charge in [0.05, 0.1) is 11.1 Å². The van der Waals surface area contributed by atoms with Crippen molar-refractivity contribution in [1.29, 1.82) is 0 Å². The average molecular weight is 378 g/mol. The van der Waals surface area contributed by atoms with Crippen molar-refractivity contribution in [2.75, 3.05) is 6.61 Å². The van der Waals surface area contributed by atoms with Crippen LogP contribution in [0, 0.1) is 0 Å². The second kappa shape index (κ2) is 8.94. The Morgan fingerprint density at radius 2 is 1.78 bits per heavy atom. The summed E-state index contributed by atoms with van der Waals surface area (Å²) in [5.41, 5.74) is 8.34. The molecule has 0 radical (unpaired) electrons. The van der Waals surface area contributed by atoms with Crippen LogP contribution in [0.5, 0.6) is 11.5 Å². The number of nitrogens with two attached hydrogens (primary N) is 1. The molecular formula is C19H24BrNO2. The number of halogens is 1. The molecule has 4 heteroatoms. The Morgan fingerprint density at radius 1 is 1.04 bits per heavy atom. The van der Waals surface area contributed by atoms with Crippen LogP contribution in [-0.4, -0.2) is 12.6 Å². The summed E-state index contributed by atoms with van der Waals surface area (Å²) in [6, 6.07) is 14.4. The highest BCUT2D eigenvalue weighted by atomic mass is 79.9. The van der Waals surface area contributed by atoms with Crippen LogP contribution in [0.1, 0.15) is 31.4 Å². The molecule has 0 fully saturated rings. The maximum atomic E-state index is 6.06. The largest absolute Gasteiger partial charge is 0.490 e. The van der Waals surface area contributed by atoms with Crippen molar-refractivity contribution in [2.45, 2.75) is 39.3 Å². The van der Waals surface area contributed by atoms with Crippen LogP contribution in [0.2, 0.25) is 0 Å². The van der Waals surface area contributed by atoms with Crippen LogP contribution < -0.4 is 15.2 Å². The molecule has 0 aromatic heterocycles. The summed E-state index contributed by atoms with van der Waals surface area (Å²) < 4.78 is 12.7. The molecule has 3 nitrogen and oxygen atoms in total. The zero-order valence-electron chi connectivity index (χ0n) is 13.7. The number of ether oxygens (including phenoxy) is 2. The fourth-order valence-corrected chi connectivity index (χ4v) is 2.92. The molecule has 0 amide bonds. The summed E-state index contributed by atoms with van der Waals surface area (Å²) in [6.45, 7) is 5.17. The van der Waals surface area contributed by atoms with Crippen molar-refractivity contribution in [1.82, 2.24) is 0 Å². The van der Waals surface area contributed by atoms with Crippen LogP contribution in [0.25, 0.3) is 0 Å². The lowest BCUT2D eigenvalue weighted by Gasteiger charge is -2.17. The molecule has 2 aromatic rings. The van der Waals surface area contributed by atoms with Crippen LogP contribution in [0.3, 0.4) is 0 Å². The van der Waals surface area contributed by atoms with E-state index in [9.17, 15) is 0 Å². The Hall–Kier alpha value is -1.52. The minimum Gasteiger partial charge on any atom is -0.490 e. The molecule has 0 bridgehead atoms. The van der Waals surface area contributed by atoms with Gasteiger partial charge in [-0.1, -0.05) is 37.3 Å². The minimum absolute atomic E-state index is 0.160. The predicted molar refractivity (Wildman–Crippen MR) is 98.1 cm³/mol. The molecule has 0 aliphatic heterocycles. The lowest BCUT2D eigenvalue weighted by Crippen LogP contribution is -2.21. The highest BCUT2D eigenvalue weighted by Crippen LogP contribution is 2.37. The van der Waals surface area contributed by atoms with Crippen LogP contribution >= 0.6 is 15.9 Å². The van der Waals surface area contributed by atoms with Gasteiger partial charge in [0.2, 0.25) is 0 Å². The number of rotatable bonds is 8. The monoisotopic (exact) mass is 377 g/mol. The lowest BCUT2D eigenvalue weighted by atomic mass is 10.0. The molecule has 124 valence electrons. The highest BCUT2D eigenvalue weighted by Gasteiger charge is 2.14. The van der Waals surface area contributed by atoms with Gasteiger partial charge in [0, 0.05) is 6.04 Å². The van der Waals surface area contributed by atoms with Gasteiger partial charge < -0.3 is 15.2 Å². The molecule has 0 heterocycles. The fraction of sp³-hybridized carbons (Fsp3) is 0.368. The van der Waals surface area contributed by atoms with Gasteiger partial charge in [0.15, 0.2) is 11.5 Å². The van der Waals surface area contributed by atoms with Crippen LogP contribution in [0.4, 0.5) is 0 Å². The molecule has 1 atom stereocenters. The van der Waals surface area contributed by atoms with E-state index in [0.717, 1.165) is 39.9 Å². The first-order valence-corrected chi connectivity index (χ1v) is 8.80. The zero-order chi connectivity index (χ0) is 16.7. The summed E-state index contributed by atoms with van der Waals surface area (Å²) >= 11 is 3.61. The van der Waals surface area contributed by atoms with Gasteiger partial charge in [-0.25, -0.2) is 0 Å². The second-order valence-electron chi connectivity index (χ2n) is 5.48. The molecule has 2 N–H and O–H groups in total. The normalized spacial score (nSPS) is 12.0. The molecule has 0 aliphatic rings. The quantitative estimate of drug-likeness (QED) is 0.724. The molecule has 23 heavy (non-hydrogen) atoms.